The van der Waals surface area contributed by atoms with Gasteiger partial charge in [0.05, 0.1) is 19.8 Å². The Morgan fingerprint density at radius 1 is 1.14 bits per heavy atom. The number of rotatable bonds is 12. The number of alkyl carbamates (subject to hydrolysis) is 1. The average molecular weight is 813 g/mol. The van der Waals surface area contributed by atoms with Crippen molar-refractivity contribution in [1.29, 1.82) is 0 Å². The number of nitrogens with zero attached hydrogens (tertiary/aromatic N) is 1. The van der Waals surface area contributed by atoms with Gasteiger partial charge in [0, 0.05) is 26.4 Å². The van der Waals surface area contributed by atoms with E-state index in [1.54, 1.807) is 0 Å². The van der Waals surface area contributed by atoms with Gasteiger partial charge >= 0.3 is 11.8 Å². The molecule has 2 saturated heterocycles. The van der Waals surface area contributed by atoms with E-state index in [9.17, 15) is 23.8 Å². The van der Waals surface area contributed by atoms with Crippen molar-refractivity contribution < 1.29 is 37.7 Å². The summed E-state index contributed by atoms with van der Waals surface area (Å²) in [5.74, 6) is 10.1. The standard InChI is InChI=1S/C43H64N3O10P/c1-26(2)10-8-11-27(3)32-15-16-33-31-14-13-29-22-30(17-19-41(29,4)34(31)18-20-42(32,33)5)54-40(49)44-21-9-12-28-23-46(39(48)45-37(28)47)38-35-36(56-57(7,50)51)43(55-38,24-52-6)25-53-35/h13,23,26-27,30-36,38H,8,10-11,14-22,24-25H2,1-7H3,(H,44,49)(H,50,51)(H,45,47,48)/p-1/t27?,30-,31-,32+,33-,34-,35+,36?,38+,41-,42+,43+/m0/s1. The minimum atomic E-state index is -4.21. The summed E-state index contributed by atoms with van der Waals surface area (Å²) in [6.07, 6.45) is 12.9. The van der Waals surface area contributed by atoms with E-state index in [2.05, 4.69) is 62.8 Å². The molecule has 1 aromatic heterocycles. The molecule has 13 nitrogen and oxygen atoms in total. The maximum atomic E-state index is 12.9. The number of ether oxygens (including phenoxy) is 4. The number of methoxy groups -OCH3 is 1. The fourth-order valence-electron chi connectivity index (χ4n) is 12.3. The molecule has 4 aliphatic carbocycles. The van der Waals surface area contributed by atoms with Gasteiger partial charge in [0.2, 0.25) is 0 Å². The van der Waals surface area contributed by atoms with Crippen molar-refractivity contribution in [2.75, 3.05) is 33.5 Å². The van der Waals surface area contributed by atoms with E-state index in [1.807, 2.05) is 0 Å². The first kappa shape index (κ1) is 42.4. The van der Waals surface area contributed by atoms with Crippen LogP contribution in [0.1, 0.15) is 117 Å². The van der Waals surface area contributed by atoms with Gasteiger partial charge in [-0.1, -0.05) is 77.4 Å². The number of hydrogen-bond acceptors (Lipinski definition) is 10. The van der Waals surface area contributed by atoms with Crippen molar-refractivity contribution in [3.63, 3.8) is 0 Å². The van der Waals surface area contributed by atoms with Crippen LogP contribution in [0, 0.1) is 58.2 Å². The highest BCUT2D eigenvalue weighted by molar-refractivity contribution is 7.50. The lowest BCUT2D eigenvalue weighted by Gasteiger charge is -2.58. The van der Waals surface area contributed by atoms with Crippen LogP contribution in [-0.4, -0.2) is 73.1 Å². The van der Waals surface area contributed by atoms with Gasteiger partial charge in [-0.15, -0.1) is 0 Å². The molecule has 0 aromatic carbocycles. The monoisotopic (exact) mass is 812 g/mol. The molecule has 1 amide bonds. The smallest absolute Gasteiger partial charge is 0.408 e. The molecule has 2 aliphatic heterocycles. The van der Waals surface area contributed by atoms with E-state index < -0.39 is 49.0 Å². The van der Waals surface area contributed by atoms with Crippen LogP contribution in [0.15, 0.2) is 27.4 Å². The van der Waals surface area contributed by atoms with Gasteiger partial charge in [-0.3, -0.25) is 14.3 Å². The predicted molar refractivity (Wildman–Crippen MR) is 212 cm³/mol. The number of amides is 1. The first-order valence-electron chi connectivity index (χ1n) is 21.2. The van der Waals surface area contributed by atoms with Crippen LogP contribution < -0.4 is 21.5 Å². The third kappa shape index (κ3) is 8.25. The van der Waals surface area contributed by atoms with Gasteiger partial charge in [-0.2, -0.15) is 0 Å². The van der Waals surface area contributed by atoms with Gasteiger partial charge in [0.1, 0.15) is 37.1 Å². The van der Waals surface area contributed by atoms with E-state index in [1.165, 1.54) is 63.8 Å². The molecular weight excluding hydrogens is 749 g/mol. The molecule has 3 heterocycles. The Labute approximate surface area is 336 Å². The van der Waals surface area contributed by atoms with Gasteiger partial charge < -0.3 is 38.2 Å². The van der Waals surface area contributed by atoms with Crippen molar-refractivity contribution in [2.24, 2.45) is 46.3 Å². The van der Waals surface area contributed by atoms with E-state index in [0.717, 1.165) is 66.5 Å². The molecule has 2 bridgehead atoms. The van der Waals surface area contributed by atoms with Crippen LogP contribution in [0.2, 0.25) is 0 Å². The number of nitrogens with one attached hydrogen (secondary N) is 2. The number of carbonyl (C=O) groups excluding carboxylic acids is 1. The number of aromatic nitrogens is 2. The number of aromatic amines is 1. The Balaban J connectivity index is 0.938. The Bertz CT molecular complexity index is 1930. The summed E-state index contributed by atoms with van der Waals surface area (Å²) in [6.45, 7) is 13.1. The van der Waals surface area contributed by atoms with E-state index in [-0.39, 0.29) is 36.8 Å². The molecule has 6 aliphatic rings. The zero-order valence-electron chi connectivity index (χ0n) is 34.8. The van der Waals surface area contributed by atoms with Crippen LogP contribution in [-0.2, 0) is 28.0 Å². The second-order valence-corrected chi connectivity index (χ2v) is 20.8. The summed E-state index contributed by atoms with van der Waals surface area (Å²) in [7, 11) is -2.78. The minimum absolute atomic E-state index is 0.00332. The summed E-state index contributed by atoms with van der Waals surface area (Å²) in [6, 6.07) is 0. The Morgan fingerprint density at radius 2 is 1.93 bits per heavy atom. The third-order valence-corrected chi connectivity index (χ3v) is 15.6. The fourth-order valence-corrected chi connectivity index (χ4v) is 13.0. The summed E-state index contributed by atoms with van der Waals surface area (Å²) >= 11 is 0. The van der Waals surface area contributed by atoms with Crippen molar-refractivity contribution >= 4 is 13.7 Å². The topological polar surface area (TPSA) is 170 Å². The number of fused-ring (bicyclic) bond motifs is 7. The molecule has 7 rings (SSSR count). The molecule has 14 heteroatoms. The second-order valence-electron chi connectivity index (χ2n) is 19.0. The Morgan fingerprint density at radius 3 is 2.67 bits per heavy atom. The number of H-pyrrole nitrogens is 1. The lowest BCUT2D eigenvalue weighted by molar-refractivity contribution is -0.208. The largest absolute Gasteiger partial charge is 0.779 e. The zero-order valence-corrected chi connectivity index (χ0v) is 35.7. The Hall–Kier alpha value is -2.72. The molecule has 316 valence electrons. The SMILES string of the molecule is COC[C@@]12CO[C@H](C1OP(C)(=O)[O-])[C@H](n1cc(C#CCNC(=O)O[C@H]3CC[C@@]4(C)C(=CC[C@H]5[C@@H]6CC[C@H](C(C)CCCC(C)C)[C@@]6(C)CC[C@@H]54)C3)c(=O)[nH]c1=O)O2. The molecule has 0 spiro atoms. The van der Waals surface area contributed by atoms with Crippen LogP contribution in [0.4, 0.5) is 4.79 Å². The first-order chi connectivity index (χ1) is 27.0. The maximum absolute atomic E-state index is 12.9. The van der Waals surface area contributed by atoms with Crippen LogP contribution in [0.25, 0.3) is 0 Å². The lowest BCUT2D eigenvalue weighted by atomic mass is 9.47. The minimum Gasteiger partial charge on any atom is -0.779 e. The molecule has 3 saturated carbocycles. The quantitative estimate of drug-likeness (QED) is 0.147. The van der Waals surface area contributed by atoms with Gasteiger partial charge in [-0.05, 0) is 91.3 Å². The van der Waals surface area contributed by atoms with Crippen LogP contribution in [0.5, 0.6) is 0 Å². The molecule has 2 N–H and O–H groups in total. The Kier molecular flexibility index (Phi) is 12.2. The molecule has 1 aromatic rings. The molecule has 13 atom stereocenters. The lowest BCUT2D eigenvalue weighted by Crippen LogP contribution is -2.51. The van der Waals surface area contributed by atoms with Gasteiger partial charge in [-0.25, -0.2) is 9.59 Å². The highest BCUT2D eigenvalue weighted by Gasteiger charge is 2.64. The molecular formula is C43H63N3O10P-. The third-order valence-electron chi connectivity index (χ3n) is 15.0. The second kappa shape index (κ2) is 16.4. The van der Waals surface area contributed by atoms with E-state index in [0.29, 0.717) is 11.3 Å². The van der Waals surface area contributed by atoms with Gasteiger partial charge in [0.25, 0.3) is 5.56 Å². The number of hydrogen-bond donors (Lipinski definition) is 2. The van der Waals surface area contributed by atoms with E-state index in [4.69, 9.17) is 23.5 Å². The summed E-state index contributed by atoms with van der Waals surface area (Å²) < 4.78 is 41.6. The van der Waals surface area contributed by atoms with E-state index >= 15 is 0 Å². The zero-order chi connectivity index (χ0) is 40.9. The highest BCUT2D eigenvalue weighted by atomic mass is 31.2. The highest BCUT2D eigenvalue weighted by Crippen LogP contribution is 2.67. The van der Waals surface area contributed by atoms with Crippen LogP contribution in [0.3, 0.4) is 0 Å². The summed E-state index contributed by atoms with van der Waals surface area (Å²) in [5, 5.41) is 2.69. The van der Waals surface area contributed by atoms with Crippen molar-refractivity contribution in [3.8, 4) is 11.8 Å². The van der Waals surface area contributed by atoms with Crippen molar-refractivity contribution in [3.05, 3.63) is 44.2 Å². The molecule has 0 radical (unpaired) electrons. The average Bonchev–Trinajstić information content (AvgIpc) is 3.76. The summed E-state index contributed by atoms with van der Waals surface area (Å²) in [5.41, 5.74) is -0.790. The normalized spacial score (nSPS) is 38.2. The molecule has 3 unspecified atom stereocenters. The van der Waals surface area contributed by atoms with Gasteiger partial charge in [0.15, 0.2) is 6.23 Å². The number of allylic oxidation sites excluding steroid dienone is 1. The molecule has 5 fully saturated rings. The maximum Gasteiger partial charge on any atom is 0.408 e. The first-order valence-corrected chi connectivity index (χ1v) is 23.2. The predicted octanol–water partition coefficient (Wildman–Crippen LogP) is 5.91. The van der Waals surface area contributed by atoms with Crippen molar-refractivity contribution in [2.45, 2.75) is 135 Å². The fraction of sp³-hybridized carbons (Fsp3) is 0.791. The molecule has 57 heavy (non-hydrogen) atoms. The van der Waals surface area contributed by atoms with Crippen LogP contribution >= 0.6 is 7.60 Å². The van der Waals surface area contributed by atoms with Crippen molar-refractivity contribution in [1.82, 2.24) is 14.9 Å². The summed E-state index contributed by atoms with van der Waals surface area (Å²) in [4.78, 5) is 52.8. The number of carbonyl (C=O) groups is 1.